The van der Waals surface area contributed by atoms with E-state index in [0.717, 1.165) is 40.7 Å². The first-order valence-corrected chi connectivity index (χ1v) is 8.38. The fourth-order valence-corrected chi connectivity index (χ4v) is 3.24. The summed E-state index contributed by atoms with van der Waals surface area (Å²) in [6.07, 6.45) is 9.98. The molecule has 4 nitrogen and oxygen atoms in total. The van der Waals surface area contributed by atoms with Gasteiger partial charge in [-0.3, -0.25) is 0 Å². The first-order valence-electron chi connectivity index (χ1n) is 8.38. The summed E-state index contributed by atoms with van der Waals surface area (Å²) in [5.74, 6) is 0.638. The molecule has 1 aliphatic rings. The number of nitrogens with zero attached hydrogens (tertiary/aromatic N) is 1. The van der Waals surface area contributed by atoms with Gasteiger partial charge in [-0.15, -0.1) is 0 Å². The van der Waals surface area contributed by atoms with Crippen LogP contribution in [0.1, 0.15) is 33.5 Å². The van der Waals surface area contributed by atoms with Gasteiger partial charge in [-0.2, -0.15) is 0 Å². The van der Waals surface area contributed by atoms with Gasteiger partial charge in [0, 0.05) is 36.9 Å². The number of nitrogens with two attached hydrogens (primary N) is 1. The van der Waals surface area contributed by atoms with Gasteiger partial charge in [0.15, 0.2) is 0 Å². The highest BCUT2D eigenvalue weighted by Crippen LogP contribution is 2.34. The van der Waals surface area contributed by atoms with Gasteiger partial charge < -0.3 is 20.4 Å². The summed E-state index contributed by atoms with van der Waals surface area (Å²) in [4.78, 5) is 0. The smallest absolute Gasteiger partial charge is 0.123 e. The minimum Gasteiger partial charge on any atom is -0.491 e. The molecule has 1 aromatic heterocycles. The zero-order chi connectivity index (χ0) is 17.8. The first-order chi connectivity index (χ1) is 12.2. The molecule has 140 valence electrons. The van der Waals surface area contributed by atoms with Crippen LogP contribution in [0.3, 0.4) is 0 Å². The van der Waals surface area contributed by atoms with E-state index in [1.165, 1.54) is 6.21 Å². The molecule has 1 heterocycles. The third kappa shape index (κ3) is 3.57. The van der Waals surface area contributed by atoms with E-state index in [2.05, 4.69) is 11.5 Å². The lowest BCUT2D eigenvalue weighted by Gasteiger charge is -2.11. The maximum absolute atomic E-state index is 12.4. The third-order valence-electron chi connectivity index (χ3n) is 4.31. The number of rotatable bonds is 6. The van der Waals surface area contributed by atoms with Gasteiger partial charge in [-0.05, 0) is 43.2 Å². The van der Waals surface area contributed by atoms with Gasteiger partial charge in [0.05, 0.1) is 11.2 Å². The number of benzene rings is 1. The molecule has 0 atom stereocenters. The monoisotopic (exact) mass is 357 g/mol. The Morgan fingerprint density at radius 1 is 1.38 bits per heavy atom. The normalized spacial score (nSPS) is 13.6. The zero-order valence-corrected chi connectivity index (χ0v) is 14.3. The SMILES string of the molecule is C.CCn1c(C2=CC=C(N)C=CC2)c(C=N)c2ccc(OCCF)cc21.[HH]. The average molecular weight is 357 g/mol. The van der Waals surface area contributed by atoms with E-state index < -0.39 is 6.67 Å². The second-order valence-corrected chi connectivity index (χ2v) is 5.83. The van der Waals surface area contributed by atoms with Crippen molar-refractivity contribution < 1.29 is 10.6 Å². The van der Waals surface area contributed by atoms with Crippen LogP contribution in [0.15, 0.2) is 48.2 Å². The van der Waals surface area contributed by atoms with Crippen LogP contribution in [-0.2, 0) is 6.54 Å². The van der Waals surface area contributed by atoms with Crippen LogP contribution in [0.5, 0.6) is 5.75 Å². The fraction of sp³-hybridized carbons (Fsp3) is 0.286. The molecular formula is C21H28FN3O. The summed E-state index contributed by atoms with van der Waals surface area (Å²) in [6, 6.07) is 5.69. The van der Waals surface area contributed by atoms with Gasteiger partial charge in [-0.1, -0.05) is 19.6 Å². The van der Waals surface area contributed by atoms with E-state index in [0.29, 0.717) is 11.4 Å². The molecule has 0 saturated heterocycles. The highest BCUT2D eigenvalue weighted by molar-refractivity contribution is 6.04. The minimum absolute atomic E-state index is 0. The number of fused-ring (bicyclic) bond motifs is 1. The van der Waals surface area contributed by atoms with Gasteiger partial charge >= 0.3 is 0 Å². The summed E-state index contributed by atoms with van der Waals surface area (Å²) in [7, 11) is 0. The number of nitrogens with one attached hydrogen (secondary N) is 1. The van der Waals surface area contributed by atoms with E-state index in [4.69, 9.17) is 15.9 Å². The van der Waals surface area contributed by atoms with Gasteiger partial charge in [0.2, 0.25) is 0 Å². The number of ether oxygens (including phenoxy) is 1. The lowest BCUT2D eigenvalue weighted by molar-refractivity contribution is 0.273. The van der Waals surface area contributed by atoms with Crippen molar-refractivity contribution in [1.82, 2.24) is 4.57 Å². The number of alkyl halides is 1. The van der Waals surface area contributed by atoms with Crippen molar-refractivity contribution in [1.29, 1.82) is 5.41 Å². The van der Waals surface area contributed by atoms with Gasteiger partial charge in [0.25, 0.3) is 0 Å². The second-order valence-electron chi connectivity index (χ2n) is 5.83. The number of hydrogen-bond donors (Lipinski definition) is 2. The Morgan fingerprint density at radius 3 is 2.88 bits per heavy atom. The largest absolute Gasteiger partial charge is 0.491 e. The lowest BCUT2D eigenvalue weighted by Crippen LogP contribution is -2.02. The molecule has 3 rings (SSSR count). The summed E-state index contributed by atoms with van der Waals surface area (Å²) in [6.45, 7) is 2.36. The molecule has 1 aromatic carbocycles. The molecule has 0 amide bonds. The van der Waals surface area contributed by atoms with Crippen molar-refractivity contribution in [2.24, 2.45) is 5.73 Å². The Bertz CT molecular complexity index is 896. The number of hydrogen-bond acceptors (Lipinski definition) is 3. The number of aryl methyl sites for hydroxylation is 1. The van der Waals surface area contributed by atoms with Gasteiger partial charge in [-0.25, -0.2) is 4.39 Å². The van der Waals surface area contributed by atoms with E-state index >= 15 is 0 Å². The lowest BCUT2D eigenvalue weighted by atomic mass is 10.0. The van der Waals surface area contributed by atoms with E-state index in [1.807, 2.05) is 42.5 Å². The van der Waals surface area contributed by atoms with E-state index in [1.54, 1.807) is 0 Å². The highest BCUT2D eigenvalue weighted by Gasteiger charge is 2.18. The predicted octanol–water partition coefficient (Wildman–Crippen LogP) is 5.08. The minimum atomic E-state index is -0.517. The van der Waals surface area contributed by atoms with Gasteiger partial charge in [0.1, 0.15) is 19.0 Å². The van der Waals surface area contributed by atoms with Crippen LogP contribution in [0.25, 0.3) is 16.5 Å². The summed E-state index contributed by atoms with van der Waals surface area (Å²) in [5.41, 5.74) is 10.6. The van der Waals surface area contributed by atoms with Crippen LogP contribution in [0, 0.1) is 5.41 Å². The molecule has 26 heavy (non-hydrogen) atoms. The molecule has 0 saturated carbocycles. The molecule has 0 fully saturated rings. The fourth-order valence-electron chi connectivity index (χ4n) is 3.24. The third-order valence-corrected chi connectivity index (χ3v) is 4.31. The Hall–Kier alpha value is -2.82. The summed E-state index contributed by atoms with van der Waals surface area (Å²) in [5, 5.41) is 8.92. The highest BCUT2D eigenvalue weighted by atomic mass is 19.1. The van der Waals surface area contributed by atoms with Crippen LogP contribution in [0.4, 0.5) is 4.39 Å². The van der Waals surface area contributed by atoms with Crippen LogP contribution in [-0.4, -0.2) is 24.1 Å². The van der Waals surface area contributed by atoms with E-state index in [-0.39, 0.29) is 15.5 Å². The van der Waals surface area contributed by atoms with Crippen molar-refractivity contribution in [2.75, 3.05) is 13.3 Å². The van der Waals surface area contributed by atoms with Crippen molar-refractivity contribution in [3.63, 3.8) is 0 Å². The van der Waals surface area contributed by atoms with E-state index in [9.17, 15) is 4.39 Å². The van der Waals surface area contributed by atoms with Crippen molar-refractivity contribution in [3.8, 4) is 5.75 Å². The van der Waals surface area contributed by atoms with Crippen LogP contribution >= 0.6 is 0 Å². The number of halogens is 1. The second kappa shape index (κ2) is 8.52. The first kappa shape index (κ1) is 19.5. The molecule has 3 N–H and O–H groups in total. The molecule has 5 heteroatoms. The Morgan fingerprint density at radius 2 is 2.19 bits per heavy atom. The van der Waals surface area contributed by atoms with Crippen LogP contribution < -0.4 is 10.5 Å². The number of aromatic nitrogens is 1. The molecule has 2 aromatic rings. The van der Waals surface area contributed by atoms with Crippen LogP contribution in [0.2, 0.25) is 0 Å². The molecule has 0 aliphatic heterocycles. The predicted molar refractivity (Wildman–Crippen MR) is 110 cm³/mol. The Labute approximate surface area is 155 Å². The molecule has 0 bridgehead atoms. The number of allylic oxidation sites excluding steroid dienone is 5. The maximum atomic E-state index is 12.4. The molecule has 0 unspecified atom stereocenters. The summed E-state index contributed by atoms with van der Waals surface area (Å²) < 4.78 is 20.0. The molecule has 0 radical (unpaired) electrons. The molecular weight excluding hydrogens is 329 g/mol. The average Bonchev–Trinajstić information content (AvgIpc) is 2.78. The standard InChI is InChI=1S/C20H22FN3O.CH4.H2/c1-2-24-19-12-16(25-11-10-21)8-9-17(19)18(13-22)20(24)14-4-3-5-15(23)7-6-14;;/h3,5-9,12-13,22H,2,4,10-11,23H2,1H3;1H4;1H. The maximum Gasteiger partial charge on any atom is 0.123 e. The van der Waals surface area contributed by atoms with Crippen molar-refractivity contribution >= 4 is 22.7 Å². The van der Waals surface area contributed by atoms with Crippen molar-refractivity contribution in [3.05, 3.63) is 59.5 Å². The Balaban J connectivity index is 0.00000182. The summed E-state index contributed by atoms with van der Waals surface area (Å²) >= 11 is 0. The van der Waals surface area contributed by atoms with Crippen molar-refractivity contribution in [2.45, 2.75) is 27.3 Å². The quantitative estimate of drug-likeness (QED) is 0.709. The molecule has 1 aliphatic carbocycles. The zero-order valence-electron chi connectivity index (χ0n) is 14.3. The Kier molecular flexibility index (Phi) is 6.39. The molecule has 0 spiro atoms. The topological polar surface area (TPSA) is 64.0 Å².